The number of fused-ring (bicyclic) bond motifs is 1. The van der Waals surface area contributed by atoms with Gasteiger partial charge in [-0.2, -0.15) is 0 Å². The van der Waals surface area contributed by atoms with Crippen molar-refractivity contribution in [1.29, 1.82) is 0 Å². The molecule has 2 aliphatic rings. The first-order valence-electron chi connectivity index (χ1n) is 10.4. The predicted octanol–water partition coefficient (Wildman–Crippen LogP) is 3.69. The van der Waals surface area contributed by atoms with Gasteiger partial charge in [-0.3, -0.25) is 4.90 Å². The van der Waals surface area contributed by atoms with E-state index in [9.17, 15) is 0 Å². The molecule has 1 heterocycles. The van der Waals surface area contributed by atoms with Crippen LogP contribution < -0.4 is 4.74 Å². The van der Waals surface area contributed by atoms with E-state index in [1.807, 2.05) is 0 Å². The van der Waals surface area contributed by atoms with Gasteiger partial charge in [0.25, 0.3) is 0 Å². The molecule has 2 aromatic carbocycles. The number of hydrogen-bond acceptors (Lipinski definition) is 4. The van der Waals surface area contributed by atoms with Gasteiger partial charge in [-0.05, 0) is 56.1 Å². The molecule has 4 rings (SSSR count). The van der Waals surface area contributed by atoms with Gasteiger partial charge in [0.05, 0.1) is 25.9 Å². The Morgan fingerprint density at radius 3 is 2.57 bits per heavy atom. The fourth-order valence-electron chi connectivity index (χ4n) is 4.74. The standard InChI is InChI=1S/C24H32N2O2/c1-25(2)17-23-24(18-8-5-4-6-9-18)26(12-13-28-23)16-21-14-19-10-7-11-20(19)15-22(21)27-3/h4-6,8-9,14-15,23-24H,7,10-13,16-17H2,1-3H3/t23-,24-/m0/s1. The number of benzene rings is 2. The van der Waals surface area contributed by atoms with Gasteiger partial charge in [0.2, 0.25) is 0 Å². The molecule has 1 fully saturated rings. The van der Waals surface area contributed by atoms with Crippen LogP contribution in [0.25, 0.3) is 0 Å². The van der Waals surface area contributed by atoms with E-state index in [4.69, 9.17) is 9.47 Å². The number of methoxy groups -OCH3 is 1. The number of likely N-dealkylation sites (N-methyl/N-ethyl adjacent to an activating group) is 1. The molecule has 0 bridgehead atoms. The summed E-state index contributed by atoms with van der Waals surface area (Å²) in [5.41, 5.74) is 5.60. The minimum Gasteiger partial charge on any atom is -0.496 e. The van der Waals surface area contributed by atoms with Crippen molar-refractivity contribution in [3.8, 4) is 5.75 Å². The Kier molecular flexibility index (Phi) is 6.00. The van der Waals surface area contributed by atoms with Gasteiger partial charge in [0.15, 0.2) is 0 Å². The second kappa shape index (κ2) is 8.64. The molecule has 0 spiro atoms. The molecule has 0 aromatic heterocycles. The normalized spacial score (nSPS) is 22.4. The molecule has 0 unspecified atom stereocenters. The van der Waals surface area contributed by atoms with Crippen molar-refractivity contribution < 1.29 is 9.47 Å². The molecule has 1 aliphatic heterocycles. The Morgan fingerprint density at radius 2 is 1.86 bits per heavy atom. The van der Waals surface area contributed by atoms with Crippen molar-refractivity contribution in [2.24, 2.45) is 0 Å². The van der Waals surface area contributed by atoms with E-state index in [0.29, 0.717) is 0 Å². The average molecular weight is 381 g/mol. The van der Waals surface area contributed by atoms with Crippen molar-refractivity contribution in [2.75, 3.05) is 40.9 Å². The molecular weight excluding hydrogens is 348 g/mol. The average Bonchev–Trinajstić information content (AvgIpc) is 3.15. The Hall–Kier alpha value is -1.88. The lowest BCUT2D eigenvalue weighted by molar-refractivity contribution is -0.0839. The fraction of sp³-hybridized carbons (Fsp3) is 0.500. The van der Waals surface area contributed by atoms with Crippen LogP contribution in [0.4, 0.5) is 0 Å². The van der Waals surface area contributed by atoms with Gasteiger partial charge < -0.3 is 14.4 Å². The van der Waals surface area contributed by atoms with Crippen molar-refractivity contribution in [2.45, 2.75) is 38.0 Å². The highest BCUT2D eigenvalue weighted by atomic mass is 16.5. The number of hydrogen-bond donors (Lipinski definition) is 0. The second-order valence-electron chi connectivity index (χ2n) is 8.28. The zero-order valence-electron chi connectivity index (χ0n) is 17.4. The van der Waals surface area contributed by atoms with Crippen LogP contribution in [-0.2, 0) is 24.1 Å². The van der Waals surface area contributed by atoms with Crippen LogP contribution in [0.3, 0.4) is 0 Å². The lowest BCUT2D eigenvalue weighted by Crippen LogP contribution is -2.48. The first kappa shape index (κ1) is 19.4. The summed E-state index contributed by atoms with van der Waals surface area (Å²) in [6.45, 7) is 3.51. The van der Waals surface area contributed by atoms with Gasteiger partial charge in [-0.15, -0.1) is 0 Å². The van der Waals surface area contributed by atoms with Crippen LogP contribution >= 0.6 is 0 Å². The predicted molar refractivity (Wildman–Crippen MR) is 113 cm³/mol. The minimum absolute atomic E-state index is 0.159. The number of rotatable bonds is 6. The highest BCUT2D eigenvalue weighted by molar-refractivity contribution is 5.45. The minimum atomic E-state index is 0.159. The highest BCUT2D eigenvalue weighted by Crippen LogP contribution is 2.35. The summed E-state index contributed by atoms with van der Waals surface area (Å²) >= 11 is 0. The molecule has 1 saturated heterocycles. The largest absolute Gasteiger partial charge is 0.496 e. The summed E-state index contributed by atoms with van der Waals surface area (Å²) in [5.74, 6) is 1.03. The summed E-state index contributed by atoms with van der Waals surface area (Å²) in [4.78, 5) is 4.80. The van der Waals surface area contributed by atoms with Crippen LogP contribution in [-0.4, -0.2) is 56.8 Å². The highest BCUT2D eigenvalue weighted by Gasteiger charge is 2.34. The molecule has 0 saturated carbocycles. The number of ether oxygens (including phenoxy) is 2. The SMILES string of the molecule is COc1cc2c(cc1CN1CCO[C@@H](CN(C)C)[C@@H]1c1ccccc1)CCC2. The summed E-state index contributed by atoms with van der Waals surface area (Å²) in [5, 5.41) is 0. The van der Waals surface area contributed by atoms with E-state index in [-0.39, 0.29) is 12.1 Å². The Bertz CT molecular complexity index is 791. The number of nitrogens with zero attached hydrogens (tertiary/aromatic N) is 2. The van der Waals surface area contributed by atoms with Gasteiger partial charge in [-0.1, -0.05) is 36.4 Å². The van der Waals surface area contributed by atoms with Crippen LogP contribution in [0.1, 0.15) is 34.7 Å². The van der Waals surface area contributed by atoms with Crippen LogP contribution in [0.2, 0.25) is 0 Å². The maximum atomic E-state index is 6.24. The molecule has 4 heteroatoms. The van der Waals surface area contributed by atoms with Crippen LogP contribution in [0.15, 0.2) is 42.5 Å². The molecule has 2 aromatic rings. The van der Waals surface area contributed by atoms with Gasteiger partial charge in [-0.25, -0.2) is 0 Å². The fourth-order valence-corrected chi connectivity index (χ4v) is 4.74. The van der Waals surface area contributed by atoms with Crippen LogP contribution in [0, 0.1) is 0 Å². The third-order valence-electron chi connectivity index (χ3n) is 6.01. The van der Waals surface area contributed by atoms with Gasteiger partial charge >= 0.3 is 0 Å². The molecule has 150 valence electrons. The molecular formula is C24H32N2O2. The first-order valence-corrected chi connectivity index (χ1v) is 10.4. The third-order valence-corrected chi connectivity index (χ3v) is 6.01. The molecule has 0 amide bonds. The van der Waals surface area contributed by atoms with E-state index in [1.165, 1.54) is 41.5 Å². The summed E-state index contributed by atoms with van der Waals surface area (Å²) < 4.78 is 12.0. The van der Waals surface area contributed by atoms with Crippen LogP contribution in [0.5, 0.6) is 5.75 Å². The first-order chi connectivity index (χ1) is 13.7. The molecule has 28 heavy (non-hydrogen) atoms. The van der Waals surface area contributed by atoms with Crippen molar-refractivity contribution in [3.05, 3.63) is 64.7 Å². The lowest BCUT2D eigenvalue weighted by Gasteiger charge is -2.42. The van der Waals surface area contributed by atoms with E-state index in [2.05, 4.69) is 66.4 Å². The van der Waals surface area contributed by atoms with E-state index < -0.39 is 0 Å². The monoisotopic (exact) mass is 380 g/mol. The lowest BCUT2D eigenvalue weighted by atomic mass is 9.96. The Morgan fingerprint density at radius 1 is 1.11 bits per heavy atom. The summed E-state index contributed by atoms with van der Waals surface area (Å²) in [6.07, 6.45) is 3.80. The summed E-state index contributed by atoms with van der Waals surface area (Å²) in [6, 6.07) is 15.7. The number of morpholine rings is 1. The van der Waals surface area contributed by atoms with E-state index in [0.717, 1.165) is 32.0 Å². The zero-order valence-corrected chi connectivity index (χ0v) is 17.4. The molecule has 1 aliphatic carbocycles. The maximum Gasteiger partial charge on any atom is 0.123 e. The van der Waals surface area contributed by atoms with Crippen molar-refractivity contribution in [1.82, 2.24) is 9.80 Å². The smallest absolute Gasteiger partial charge is 0.123 e. The maximum absolute atomic E-state index is 6.24. The Balaban J connectivity index is 1.65. The van der Waals surface area contributed by atoms with Crippen molar-refractivity contribution in [3.63, 3.8) is 0 Å². The van der Waals surface area contributed by atoms with Gasteiger partial charge in [0.1, 0.15) is 5.75 Å². The molecule has 0 radical (unpaired) electrons. The van der Waals surface area contributed by atoms with Crippen molar-refractivity contribution >= 4 is 0 Å². The summed E-state index contributed by atoms with van der Waals surface area (Å²) in [7, 11) is 6.03. The quantitative estimate of drug-likeness (QED) is 0.763. The molecule has 2 atom stereocenters. The molecule has 4 nitrogen and oxygen atoms in total. The molecule has 0 N–H and O–H groups in total. The van der Waals surface area contributed by atoms with E-state index in [1.54, 1.807) is 7.11 Å². The van der Waals surface area contributed by atoms with Gasteiger partial charge in [0, 0.05) is 25.2 Å². The van der Waals surface area contributed by atoms with E-state index >= 15 is 0 Å². The third kappa shape index (κ3) is 4.09. The zero-order chi connectivity index (χ0) is 19.5. The topological polar surface area (TPSA) is 24.9 Å². The number of aryl methyl sites for hydroxylation is 2. The second-order valence-corrected chi connectivity index (χ2v) is 8.28. The Labute approximate surface area is 169 Å².